The largest absolute Gasteiger partial charge is 0.378 e. The van der Waals surface area contributed by atoms with E-state index in [-0.39, 0.29) is 11.8 Å². The summed E-state index contributed by atoms with van der Waals surface area (Å²) in [5.74, 6) is 0.0464. The second kappa shape index (κ2) is 3.67. The average Bonchev–Trinajstić information content (AvgIpc) is 2.96. The molecule has 5 nitrogen and oxygen atoms in total. The van der Waals surface area contributed by atoms with Crippen LogP contribution in [0.2, 0.25) is 0 Å². The molecule has 18 heavy (non-hydrogen) atoms. The number of aromatic nitrogens is 2. The molecule has 0 radical (unpaired) electrons. The molecular formula is C13H17N3O2. The van der Waals surface area contributed by atoms with Crippen molar-refractivity contribution in [1.29, 1.82) is 0 Å². The van der Waals surface area contributed by atoms with E-state index in [1.165, 1.54) is 4.68 Å². The van der Waals surface area contributed by atoms with Crippen LogP contribution in [0.1, 0.15) is 42.4 Å². The zero-order valence-electron chi connectivity index (χ0n) is 10.9. The topological polar surface area (TPSA) is 56.5 Å². The normalized spacial score (nSPS) is 29.9. The zero-order valence-corrected chi connectivity index (χ0v) is 10.9. The monoisotopic (exact) mass is 247 g/mol. The molecule has 1 saturated carbocycles. The van der Waals surface area contributed by atoms with Crippen molar-refractivity contribution in [3.05, 3.63) is 17.5 Å². The fourth-order valence-electron chi connectivity index (χ4n) is 3.16. The Morgan fingerprint density at radius 3 is 2.94 bits per heavy atom. The van der Waals surface area contributed by atoms with Gasteiger partial charge in [0.15, 0.2) is 0 Å². The van der Waals surface area contributed by atoms with Crippen molar-refractivity contribution in [2.24, 2.45) is 11.1 Å². The van der Waals surface area contributed by atoms with Gasteiger partial charge in [0.25, 0.3) is 5.91 Å². The van der Waals surface area contributed by atoms with Crippen LogP contribution in [-0.2, 0) is 4.84 Å². The van der Waals surface area contributed by atoms with E-state index in [0.717, 1.165) is 36.4 Å². The minimum absolute atomic E-state index is 0.0730. The third kappa shape index (κ3) is 1.36. The Balaban J connectivity index is 2.00. The molecule has 1 fully saturated rings. The van der Waals surface area contributed by atoms with Crippen molar-refractivity contribution in [3.63, 3.8) is 0 Å². The number of hydrogen-bond donors (Lipinski definition) is 0. The zero-order chi connectivity index (χ0) is 12.9. The second-order valence-electron chi connectivity index (χ2n) is 5.30. The summed E-state index contributed by atoms with van der Waals surface area (Å²) >= 11 is 0. The minimum atomic E-state index is -0.798. The van der Waals surface area contributed by atoms with Crippen molar-refractivity contribution in [2.45, 2.75) is 45.6 Å². The van der Waals surface area contributed by atoms with E-state index in [1.54, 1.807) is 0 Å². The van der Waals surface area contributed by atoms with Gasteiger partial charge < -0.3 is 4.84 Å². The SMILES string of the molecule is CC1=NOC2(C(=O)n3nc(C)cc3C)CCCC12. The molecule has 2 unspecified atom stereocenters. The molecule has 0 N–H and O–H groups in total. The summed E-state index contributed by atoms with van der Waals surface area (Å²) in [6, 6.07) is 1.90. The molecule has 1 aliphatic carbocycles. The van der Waals surface area contributed by atoms with Gasteiger partial charge in [-0.2, -0.15) is 5.10 Å². The molecule has 0 saturated heterocycles. The Morgan fingerprint density at radius 2 is 2.28 bits per heavy atom. The fourth-order valence-corrected chi connectivity index (χ4v) is 3.16. The lowest BCUT2D eigenvalue weighted by atomic mass is 9.87. The maximum atomic E-state index is 12.7. The lowest BCUT2D eigenvalue weighted by Crippen LogP contribution is -2.46. The number of fused-ring (bicyclic) bond motifs is 1. The van der Waals surface area contributed by atoms with Crippen LogP contribution in [0.15, 0.2) is 11.2 Å². The van der Waals surface area contributed by atoms with E-state index in [9.17, 15) is 4.79 Å². The van der Waals surface area contributed by atoms with E-state index in [0.29, 0.717) is 0 Å². The Labute approximate surface area is 106 Å². The summed E-state index contributed by atoms with van der Waals surface area (Å²) in [7, 11) is 0. The lowest BCUT2D eigenvalue weighted by molar-refractivity contribution is -0.0225. The minimum Gasteiger partial charge on any atom is -0.378 e. The van der Waals surface area contributed by atoms with Crippen molar-refractivity contribution in [1.82, 2.24) is 9.78 Å². The van der Waals surface area contributed by atoms with Crippen LogP contribution >= 0.6 is 0 Å². The highest BCUT2D eigenvalue weighted by Crippen LogP contribution is 2.44. The average molecular weight is 247 g/mol. The number of nitrogens with zero attached hydrogens (tertiary/aromatic N) is 3. The van der Waals surface area contributed by atoms with Crippen LogP contribution in [0.5, 0.6) is 0 Å². The van der Waals surface area contributed by atoms with E-state index < -0.39 is 5.60 Å². The maximum Gasteiger partial charge on any atom is 0.294 e. The van der Waals surface area contributed by atoms with Gasteiger partial charge in [-0.15, -0.1) is 0 Å². The first kappa shape index (κ1) is 11.4. The number of aryl methyl sites for hydroxylation is 2. The van der Waals surface area contributed by atoms with Gasteiger partial charge in [-0.05, 0) is 46.1 Å². The smallest absolute Gasteiger partial charge is 0.294 e. The predicted molar refractivity (Wildman–Crippen MR) is 66.6 cm³/mol. The molecule has 2 heterocycles. The molecule has 0 aromatic carbocycles. The van der Waals surface area contributed by atoms with Gasteiger partial charge in [0.1, 0.15) is 0 Å². The number of carbonyl (C=O) groups excluding carboxylic acids is 1. The molecule has 1 aliphatic heterocycles. The molecule has 1 aromatic rings. The summed E-state index contributed by atoms with van der Waals surface area (Å²) in [5, 5.41) is 8.30. The van der Waals surface area contributed by atoms with Gasteiger partial charge in [-0.25, -0.2) is 4.68 Å². The third-order valence-electron chi connectivity index (χ3n) is 4.02. The summed E-state index contributed by atoms with van der Waals surface area (Å²) < 4.78 is 1.47. The molecular weight excluding hydrogens is 230 g/mol. The van der Waals surface area contributed by atoms with E-state index in [4.69, 9.17) is 4.84 Å². The van der Waals surface area contributed by atoms with E-state index >= 15 is 0 Å². The van der Waals surface area contributed by atoms with Crippen LogP contribution in [0.3, 0.4) is 0 Å². The maximum absolute atomic E-state index is 12.7. The van der Waals surface area contributed by atoms with Gasteiger partial charge in [0, 0.05) is 5.69 Å². The van der Waals surface area contributed by atoms with Crippen LogP contribution in [0.25, 0.3) is 0 Å². The molecule has 0 amide bonds. The fraction of sp³-hybridized carbons (Fsp3) is 0.615. The Bertz CT molecular complexity index is 546. The molecule has 5 heteroatoms. The molecule has 0 spiro atoms. The predicted octanol–water partition coefficient (Wildman–Crippen LogP) is 2.09. The lowest BCUT2D eigenvalue weighted by Gasteiger charge is -2.25. The molecule has 2 atom stereocenters. The molecule has 3 rings (SSSR count). The van der Waals surface area contributed by atoms with Gasteiger partial charge >= 0.3 is 0 Å². The number of rotatable bonds is 1. The number of oxime groups is 1. The highest BCUT2D eigenvalue weighted by molar-refractivity contribution is 5.98. The van der Waals surface area contributed by atoms with Crippen LogP contribution in [-0.4, -0.2) is 27.0 Å². The van der Waals surface area contributed by atoms with Gasteiger partial charge in [-0.3, -0.25) is 4.79 Å². The highest BCUT2D eigenvalue weighted by atomic mass is 16.7. The van der Waals surface area contributed by atoms with Gasteiger partial charge in [0.05, 0.1) is 17.3 Å². The molecule has 96 valence electrons. The van der Waals surface area contributed by atoms with E-state index in [2.05, 4.69) is 10.3 Å². The Kier molecular flexibility index (Phi) is 2.33. The van der Waals surface area contributed by atoms with Crippen molar-refractivity contribution in [2.75, 3.05) is 0 Å². The molecule has 0 bridgehead atoms. The number of carbonyl (C=O) groups is 1. The third-order valence-corrected chi connectivity index (χ3v) is 4.02. The first-order valence-electron chi connectivity index (χ1n) is 6.35. The van der Waals surface area contributed by atoms with Crippen molar-refractivity contribution >= 4 is 11.6 Å². The second-order valence-corrected chi connectivity index (χ2v) is 5.30. The summed E-state index contributed by atoms with van der Waals surface area (Å²) in [4.78, 5) is 18.3. The number of hydrogen-bond acceptors (Lipinski definition) is 4. The molecule has 2 aliphatic rings. The quantitative estimate of drug-likeness (QED) is 0.763. The van der Waals surface area contributed by atoms with Gasteiger partial charge in [0.2, 0.25) is 5.60 Å². The standard InChI is InChI=1S/C13H17N3O2/c1-8-7-9(2)16(14-8)12(17)13-6-4-5-11(13)10(3)15-18-13/h7,11H,4-6H2,1-3H3. The van der Waals surface area contributed by atoms with Gasteiger partial charge in [-0.1, -0.05) is 5.16 Å². The Hall–Kier alpha value is -1.65. The summed E-state index contributed by atoms with van der Waals surface area (Å²) in [5.41, 5.74) is 1.84. The van der Waals surface area contributed by atoms with Crippen molar-refractivity contribution < 1.29 is 9.63 Å². The van der Waals surface area contributed by atoms with Crippen LogP contribution < -0.4 is 0 Å². The van der Waals surface area contributed by atoms with Crippen molar-refractivity contribution in [3.8, 4) is 0 Å². The first-order valence-corrected chi connectivity index (χ1v) is 6.35. The summed E-state index contributed by atoms with van der Waals surface area (Å²) in [6.07, 6.45) is 2.71. The summed E-state index contributed by atoms with van der Waals surface area (Å²) in [6.45, 7) is 5.71. The Morgan fingerprint density at radius 1 is 1.50 bits per heavy atom. The van der Waals surface area contributed by atoms with Crippen LogP contribution in [0.4, 0.5) is 0 Å². The molecule has 1 aromatic heterocycles. The van der Waals surface area contributed by atoms with Crippen LogP contribution in [0, 0.1) is 19.8 Å². The van der Waals surface area contributed by atoms with E-state index in [1.807, 2.05) is 26.8 Å². The highest BCUT2D eigenvalue weighted by Gasteiger charge is 2.57. The first-order chi connectivity index (χ1) is 8.54.